The Labute approximate surface area is 138 Å². The molecule has 1 atom stereocenters. The molecule has 0 bridgehead atoms. The molecule has 0 saturated carbocycles. The van der Waals surface area contributed by atoms with Gasteiger partial charge in [0.1, 0.15) is 0 Å². The zero-order valence-electron chi connectivity index (χ0n) is 12.4. The van der Waals surface area contributed by atoms with E-state index in [1.807, 2.05) is 23.6 Å². The molecule has 7 heteroatoms. The Kier molecular flexibility index (Phi) is 4.20. The average molecular weight is 329 g/mol. The van der Waals surface area contributed by atoms with Gasteiger partial charge in [-0.25, -0.2) is 4.79 Å². The van der Waals surface area contributed by atoms with E-state index in [2.05, 4.69) is 22.8 Å². The van der Waals surface area contributed by atoms with Crippen molar-refractivity contribution in [2.75, 3.05) is 0 Å². The Morgan fingerprint density at radius 1 is 1.35 bits per heavy atom. The lowest BCUT2D eigenvalue weighted by Crippen LogP contribution is -2.07. The number of thiol groups is 1. The van der Waals surface area contributed by atoms with E-state index in [0.29, 0.717) is 24.0 Å². The van der Waals surface area contributed by atoms with Gasteiger partial charge in [0.05, 0.1) is 17.1 Å². The fraction of sp³-hybridized carbons (Fsp3) is 0.188. The summed E-state index contributed by atoms with van der Waals surface area (Å²) in [5.74, 6) is 0.928. The van der Waals surface area contributed by atoms with Crippen molar-refractivity contribution in [1.82, 2.24) is 14.8 Å². The second-order valence-corrected chi connectivity index (χ2v) is 5.45. The first-order chi connectivity index (χ1) is 11.1. The van der Waals surface area contributed by atoms with Gasteiger partial charge in [-0.3, -0.25) is 0 Å². The van der Waals surface area contributed by atoms with Crippen LogP contribution in [-0.2, 0) is 6.54 Å². The molecule has 2 aromatic heterocycles. The molecule has 118 valence electrons. The third-order valence-electron chi connectivity index (χ3n) is 3.53. The van der Waals surface area contributed by atoms with Crippen LogP contribution in [-0.4, -0.2) is 25.8 Å². The van der Waals surface area contributed by atoms with Crippen LogP contribution in [0.3, 0.4) is 0 Å². The molecule has 0 aliphatic carbocycles. The van der Waals surface area contributed by atoms with Crippen molar-refractivity contribution >= 4 is 18.6 Å². The van der Waals surface area contributed by atoms with E-state index in [9.17, 15) is 4.79 Å². The molecular formula is C16H15N3O3S. The number of carbonyl (C=O) groups is 1. The molecule has 0 radical (unpaired) electrons. The molecule has 3 rings (SSSR count). The lowest BCUT2D eigenvalue weighted by Gasteiger charge is -2.13. The van der Waals surface area contributed by atoms with Gasteiger partial charge in [-0.1, -0.05) is 12.1 Å². The van der Waals surface area contributed by atoms with Gasteiger partial charge in [-0.05, 0) is 36.8 Å². The molecule has 0 amide bonds. The van der Waals surface area contributed by atoms with E-state index in [1.165, 1.54) is 0 Å². The highest BCUT2D eigenvalue weighted by atomic mass is 32.1. The number of carboxylic acids is 1. The fourth-order valence-corrected chi connectivity index (χ4v) is 2.76. The predicted octanol–water partition coefficient (Wildman–Crippen LogP) is 3.28. The van der Waals surface area contributed by atoms with Crippen LogP contribution in [0, 0.1) is 0 Å². The standard InChI is InChI=1S/C16H15N3O3S/c1-2-19-14(12-7-4-8-22-12)17-18-15(19)13(23)10-5-3-6-11(9-10)16(20)21/h3-9,13,23H,2H2,1H3,(H,20,21). The normalized spacial score (nSPS) is 12.3. The summed E-state index contributed by atoms with van der Waals surface area (Å²) in [6.45, 7) is 2.63. The topological polar surface area (TPSA) is 81.2 Å². The summed E-state index contributed by atoms with van der Waals surface area (Å²) in [6, 6.07) is 10.3. The summed E-state index contributed by atoms with van der Waals surface area (Å²) in [4.78, 5) is 11.1. The summed E-state index contributed by atoms with van der Waals surface area (Å²) in [5.41, 5.74) is 0.969. The molecule has 23 heavy (non-hydrogen) atoms. The lowest BCUT2D eigenvalue weighted by atomic mass is 10.1. The molecule has 0 saturated heterocycles. The average Bonchev–Trinajstić information content (AvgIpc) is 3.22. The van der Waals surface area contributed by atoms with Gasteiger partial charge < -0.3 is 14.1 Å². The van der Waals surface area contributed by atoms with Crippen molar-refractivity contribution in [2.24, 2.45) is 0 Å². The van der Waals surface area contributed by atoms with Crippen LogP contribution in [0.5, 0.6) is 0 Å². The largest absolute Gasteiger partial charge is 0.478 e. The maximum atomic E-state index is 11.1. The number of hydrogen-bond acceptors (Lipinski definition) is 5. The Bertz CT molecular complexity index is 827. The summed E-state index contributed by atoms with van der Waals surface area (Å²) in [6.07, 6.45) is 1.58. The molecular weight excluding hydrogens is 314 g/mol. The van der Waals surface area contributed by atoms with Gasteiger partial charge in [0.25, 0.3) is 0 Å². The predicted molar refractivity (Wildman–Crippen MR) is 87.6 cm³/mol. The first-order valence-electron chi connectivity index (χ1n) is 7.10. The first-order valence-corrected chi connectivity index (χ1v) is 7.61. The zero-order chi connectivity index (χ0) is 16.4. The molecule has 0 aliphatic rings. The maximum Gasteiger partial charge on any atom is 0.335 e. The van der Waals surface area contributed by atoms with Crippen molar-refractivity contribution in [3.63, 3.8) is 0 Å². The van der Waals surface area contributed by atoms with Crippen molar-refractivity contribution in [2.45, 2.75) is 18.7 Å². The minimum atomic E-state index is -0.972. The van der Waals surface area contributed by atoms with Gasteiger partial charge >= 0.3 is 5.97 Å². The molecule has 1 unspecified atom stereocenters. The zero-order valence-corrected chi connectivity index (χ0v) is 13.3. The van der Waals surface area contributed by atoms with E-state index >= 15 is 0 Å². The van der Waals surface area contributed by atoms with E-state index in [0.717, 1.165) is 5.56 Å². The van der Waals surface area contributed by atoms with Crippen LogP contribution in [0.4, 0.5) is 0 Å². The molecule has 1 aromatic carbocycles. The number of furan rings is 1. The molecule has 3 aromatic rings. The quantitative estimate of drug-likeness (QED) is 0.702. The van der Waals surface area contributed by atoms with Crippen LogP contribution in [0.2, 0.25) is 0 Å². The highest BCUT2D eigenvalue weighted by Crippen LogP contribution is 2.30. The lowest BCUT2D eigenvalue weighted by molar-refractivity contribution is 0.0696. The third kappa shape index (κ3) is 2.87. The fourth-order valence-electron chi connectivity index (χ4n) is 2.41. The van der Waals surface area contributed by atoms with Crippen LogP contribution in [0.1, 0.15) is 33.9 Å². The molecule has 0 fully saturated rings. The molecule has 0 aliphatic heterocycles. The Hall–Kier alpha value is -2.54. The van der Waals surface area contributed by atoms with E-state index in [4.69, 9.17) is 9.52 Å². The summed E-state index contributed by atoms with van der Waals surface area (Å²) in [7, 11) is 0. The molecule has 6 nitrogen and oxygen atoms in total. The number of nitrogens with zero attached hydrogens (tertiary/aromatic N) is 3. The number of carboxylic acid groups (broad SMARTS) is 1. The van der Waals surface area contributed by atoms with Crippen LogP contribution >= 0.6 is 12.6 Å². The second kappa shape index (κ2) is 6.29. The number of aromatic carboxylic acids is 1. The SMILES string of the molecule is CCn1c(-c2ccco2)nnc1C(S)c1cccc(C(=O)O)c1. The van der Waals surface area contributed by atoms with Gasteiger partial charge in [0.15, 0.2) is 17.4 Å². The maximum absolute atomic E-state index is 11.1. The number of hydrogen-bond donors (Lipinski definition) is 2. The number of rotatable bonds is 5. The Morgan fingerprint density at radius 3 is 2.83 bits per heavy atom. The highest BCUT2D eigenvalue weighted by molar-refractivity contribution is 7.80. The van der Waals surface area contributed by atoms with Gasteiger partial charge in [0.2, 0.25) is 0 Å². The summed E-state index contributed by atoms with van der Waals surface area (Å²) >= 11 is 4.61. The van der Waals surface area contributed by atoms with E-state index in [1.54, 1.807) is 30.5 Å². The molecule has 0 spiro atoms. The highest BCUT2D eigenvalue weighted by Gasteiger charge is 2.21. The Morgan fingerprint density at radius 2 is 2.17 bits per heavy atom. The van der Waals surface area contributed by atoms with Gasteiger partial charge in [-0.2, -0.15) is 12.6 Å². The van der Waals surface area contributed by atoms with Crippen molar-refractivity contribution in [3.05, 3.63) is 59.6 Å². The third-order valence-corrected chi connectivity index (χ3v) is 4.06. The number of aromatic nitrogens is 3. The van der Waals surface area contributed by atoms with Crippen molar-refractivity contribution < 1.29 is 14.3 Å². The summed E-state index contributed by atoms with van der Waals surface area (Å²) < 4.78 is 7.29. The number of benzene rings is 1. The van der Waals surface area contributed by atoms with Crippen LogP contribution in [0.15, 0.2) is 47.1 Å². The minimum Gasteiger partial charge on any atom is -0.478 e. The summed E-state index contributed by atoms with van der Waals surface area (Å²) in [5, 5.41) is 17.1. The smallest absolute Gasteiger partial charge is 0.335 e. The molecule has 1 N–H and O–H groups in total. The van der Waals surface area contributed by atoms with E-state index < -0.39 is 5.97 Å². The van der Waals surface area contributed by atoms with Gasteiger partial charge in [0, 0.05) is 6.54 Å². The second-order valence-electron chi connectivity index (χ2n) is 4.94. The van der Waals surface area contributed by atoms with Crippen LogP contribution < -0.4 is 0 Å². The van der Waals surface area contributed by atoms with Gasteiger partial charge in [-0.15, -0.1) is 10.2 Å². The Balaban J connectivity index is 2.01. The van der Waals surface area contributed by atoms with E-state index in [-0.39, 0.29) is 10.8 Å². The first kappa shape index (κ1) is 15.4. The minimum absolute atomic E-state index is 0.218. The molecule has 2 heterocycles. The van der Waals surface area contributed by atoms with Crippen molar-refractivity contribution in [1.29, 1.82) is 0 Å². The monoisotopic (exact) mass is 329 g/mol. The van der Waals surface area contributed by atoms with Crippen LogP contribution in [0.25, 0.3) is 11.6 Å². The van der Waals surface area contributed by atoms with Crippen molar-refractivity contribution in [3.8, 4) is 11.6 Å².